The zero-order chi connectivity index (χ0) is 50.8. The molecule has 0 fully saturated rings. The van der Waals surface area contributed by atoms with Gasteiger partial charge in [-0.1, -0.05) is 184 Å². The zero-order valence-corrected chi connectivity index (χ0v) is 44.1. The van der Waals surface area contributed by atoms with Crippen molar-refractivity contribution in [3.8, 4) is 11.1 Å². The highest BCUT2D eigenvalue weighted by atomic mass is 15.2. The fourth-order valence-corrected chi connectivity index (χ4v) is 12.1. The summed E-state index contributed by atoms with van der Waals surface area (Å²) >= 11 is 0. The molecule has 11 aromatic rings. The summed E-state index contributed by atoms with van der Waals surface area (Å²) < 4.78 is 0. The highest BCUT2D eigenvalue weighted by Gasteiger charge is 2.44. The highest BCUT2D eigenvalue weighted by Crippen LogP contribution is 2.50. The molecule has 13 rings (SSSR count). The number of benzene rings is 11. The predicted octanol–water partition coefficient (Wildman–Crippen LogP) is 17.7. The van der Waals surface area contributed by atoms with E-state index in [1.165, 1.54) is 105 Å². The first-order valence-electron chi connectivity index (χ1n) is 26.4. The Bertz CT molecular complexity index is 3860. The van der Waals surface area contributed by atoms with E-state index >= 15 is 0 Å². The van der Waals surface area contributed by atoms with Crippen LogP contribution in [-0.4, -0.2) is 6.71 Å². The Morgan fingerprint density at radius 2 is 0.851 bits per heavy atom. The molecule has 2 aliphatic rings. The fraction of sp³-hybridized carbons (Fsp3) is 0.171. The predicted molar refractivity (Wildman–Crippen MR) is 320 cm³/mol. The van der Waals surface area contributed by atoms with E-state index in [1.54, 1.807) is 0 Å². The minimum absolute atomic E-state index is 0.0133. The Morgan fingerprint density at radius 1 is 0.338 bits per heavy atom. The summed E-state index contributed by atoms with van der Waals surface area (Å²) in [6.45, 7) is 20.9. The summed E-state index contributed by atoms with van der Waals surface area (Å²) in [5, 5.41) is 7.78. The van der Waals surface area contributed by atoms with Gasteiger partial charge in [0.1, 0.15) is 0 Å². The van der Waals surface area contributed by atoms with Crippen LogP contribution in [0.3, 0.4) is 0 Å². The first kappa shape index (κ1) is 45.8. The van der Waals surface area contributed by atoms with Crippen LogP contribution in [0.15, 0.2) is 212 Å². The van der Waals surface area contributed by atoms with Crippen molar-refractivity contribution in [3.05, 3.63) is 229 Å². The smallest absolute Gasteiger partial charge is 0.252 e. The normalized spacial score (nSPS) is 13.4. The zero-order valence-electron chi connectivity index (χ0n) is 44.1. The standard InChI is InChI=1S/C70H62BN3/c1-68(2,3)50-30-34-55(35-31-50)73-62-24-17-25-63-67(62)71(58-37-36-56(44-64(58)73)72(53-20-12-10-13-21-53)54-22-14-11-15-23-54)59-43-52(70(7,8)9)33-39-61(59)74(63)60-38-32-51(69(4,5)6)42-57(60)49-40-47-28-26-45-18-16-19-46-27-29-48(41-49)66(47)65(45)46/h10-44H,1-9H3. The Kier molecular flexibility index (Phi) is 10.3. The van der Waals surface area contributed by atoms with Gasteiger partial charge in [0.25, 0.3) is 6.71 Å². The van der Waals surface area contributed by atoms with Gasteiger partial charge in [-0.3, -0.25) is 0 Å². The molecule has 0 aromatic heterocycles. The van der Waals surface area contributed by atoms with Crippen LogP contribution in [0, 0.1) is 0 Å². The quantitative estimate of drug-likeness (QED) is 0.121. The summed E-state index contributed by atoms with van der Waals surface area (Å²) in [5.41, 5.74) is 20.6. The second kappa shape index (κ2) is 16.7. The SMILES string of the molecule is CC(C)(C)c1ccc(N2c3cc(N(c4ccccc4)c4ccccc4)ccc3B3c4cc(C(C)(C)C)ccc4N(c4ccc(C(C)(C)C)cc4-c4cc5ccc6cccc7ccc(c4)c5c67)c4cccc2c43)cc1. The number of para-hydroxylation sites is 2. The summed E-state index contributed by atoms with van der Waals surface area (Å²) in [6.07, 6.45) is 0. The van der Waals surface area contributed by atoms with Gasteiger partial charge < -0.3 is 14.7 Å². The molecule has 0 spiro atoms. The molecule has 0 unspecified atom stereocenters. The minimum atomic E-state index is -0.0722. The molecule has 4 heteroatoms. The maximum absolute atomic E-state index is 2.61. The number of fused-ring (bicyclic) bond motifs is 4. The molecule has 2 aliphatic heterocycles. The Morgan fingerprint density at radius 3 is 1.45 bits per heavy atom. The summed E-state index contributed by atoms with van der Waals surface area (Å²) in [6, 6.07) is 80.6. The van der Waals surface area contributed by atoms with Gasteiger partial charge in [-0.15, -0.1) is 0 Å². The molecule has 2 heterocycles. The topological polar surface area (TPSA) is 9.72 Å². The molecule has 0 amide bonds. The van der Waals surface area contributed by atoms with Gasteiger partial charge in [-0.2, -0.15) is 0 Å². The van der Waals surface area contributed by atoms with Crippen molar-refractivity contribution in [3.63, 3.8) is 0 Å². The third-order valence-corrected chi connectivity index (χ3v) is 16.0. The van der Waals surface area contributed by atoms with Crippen molar-refractivity contribution in [1.82, 2.24) is 0 Å². The molecule has 0 saturated heterocycles. The van der Waals surface area contributed by atoms with Gasteiger partial charge in [0, 0.05) is 51.1 Å². The lowest BCUT2D eigenvalue weighted by Crippen LogP contribution is -2.61. The van der Waals surface area contributed by atoms with Crippen LogP contribution in [-0.2, 0) is 16.2 Å². The average Bonchev–Trinajstić information content (AvgIpc) is 3.41. The van der Waals surface area contributed by atoms with Crippen molar-refractivity contribution in [2.75, 3.05) is 14.7 Å². The van der Waals surface area contributed by atoms with Crippen molar-refractivity contribution in [2.45, 2.75) is 78.6 Å². The van der Waals surface area contributed by atoms with E-state index in [9.17, 15) is 0 Å². The van der Waals surface area contributed by atoms with Crippen molar-refractivity contribution < 1.29 is 0 Å². The van der Waals surface area contributed by atoms with Crippen LogP contribution in [0.5, 0.6) is 0 Å². The van der Waals surface area contributed by atoms with E-state index in [2.05, 4.69) is 289 Å². The molecule has 0 atom stereocenters. The van der Waals surface area contributed by atoms with Gasteiger partial charge in [-0.05, 0) is 178 Å². The molecule has 11 aromatic carbocycles. The monoisotopic (exact) mass is 956 g/mol. The van der Waals surface area contributed by atoms with Crippen molar-refractivity contribution in [2.24, 2.45) is 0 Å². The number of hydrogen-bond acceptors (Lipinski definition) is 3. The molecular formula is C70H62BN3. The summed E-state index contributed by atoms with van der Waals surface area (Å²) in [5.74, 6) is 0. The second-order valence-electron chi connectivity index (χ2n) is 23.9. The fourth-order valence-electron chi connectivity index (χ4n) is 12.1. The molecular weight excluding hydrogens is 894 g/mol. The first-order chi connectivity index (χ1) is 35.6. The number of rotatable bonds is 6. The largest absolute Gasteiger partial charge is 0.311 e. The lowest BCUT2D eigenvalue weighted by atomic mass is 9.33. The van der Waals surface area contributed by atoms with Gasteiger partial charge in [-0.25, -0.2) is 0 Å². The second-order valence-corrected chi connectivity index (χ2v) is 23.9. The number of anilines is 9. The third-order valence-electron chi connectivity index (χ3n) is 16.0. The van der Waals surface area contributed by atoms with Crippen molar-refractivity contribution in [1.29, 1.82) is 0 Å². The van der Waals surface area contributed by atoms with Crippen LogP contribution in [0.4, 0.5) is 51.2 Å². The van der Waals surface area contributed by atoms with Crippen LogP contribution in [0.25, 0.3) is 43.4 Å². The van der Waals surface area contributed by atoms with Gasteiger partial charge in [0.05, 0.1) is 5.69 Å². The van der Waals surface area contributed by atoms with Crippen LogP contribution < -0.4 is 31.1 Å². The van der Waals surface area contributed by atoms with Crippen LogP contribution in [0.2, 0.25) is 0 Å². The van der Waals surface area contributed by atoms with Gasteiger partial charge >= 0.3 is 0 Å². The molecule has 0 saturated carbocycles. The lowest BCUT2D eigenvalue weighted by Gasteiger charge is -2.45. The molecule has 0 N–H and O–H groups in total. The van der Waals surface area contributed by atoms with Gasteiger partial charge in [0.15, 0.2) is 0 Å². The molecule has 74 heavy (non-hydrogen) atoms. The van der Waals surface area contributed by atoms with Crippen LogP contribution >= 0.6 is 0 Å². The third kappa shape index (κ3) is 7.40. The lowest BCUT2D eigenvalue weighted by molar-refractivity contribution is 0.590. The summed E-state index contributed by atoms with van der Waals surface area (Å²) in [4.78, 5) is 7.55. The van der Waals surface area contributed by atoms with Gasteiger partial charge in [0.2, 0.25) is 0 Å². The maximum Gasteiger partial charge on any atom is 0.252 e. The summed E-state index contributed by atoms with van der Waals surface area (Å²) in [7, 11) is 0. The van der Waals surface area contributed by atoms with E-state index in [1.807, 2.05) is 0 Å². The highest BCUT2D eigenvalue weighted by molar-refractivity contribution is 7.00. The van der Waals surface area contributed by atoms with E-state index < -0.39 is 0 Å². The van der Waals surface area contributed by atoms with E-state index in [-0.39, 0.29) is 23.0 Å². The average molecular weight is 956 g/mol. The van der Waals surface area contributed by atoms with E-state index in [0.717, 1.165) is 22.7 Å². The Hall–Kier alpha value is -8.08. The van der Waals surface area contributed by atoms with E-state index in [4.69, 9.17) is 0 Å². The Balaban J connectivity index is 1.08. The number of nitrogens with zero attached hydrogens (tertiary/aromatic N) is 3. The molecule has 3 nitrogen and oxygen atoms in total. The molecule has 0 bridgehead atoms. The minimum Gasteiger partial charge on any atom is -0.311 e. The molecule has 0 aliphatic carbocycles. The number of hydrogen-bond donors (Lipinski definition) is 0. The Labute approximate surface area is 437 Å². The maximum atomic E-state index is 2.61. The molecule has 360 valence electrons. The van der Waals surface area contributed by atoms with Crippen molar-refractivity contribution >= 4 is 107 Å². The van der Waals surface area contributed by atoms with E-state index in [0.29, 0.717) is 0 Å². The first-order valence-corrected chi connectivity index (χ1v) is 26.4. The molecule has 0 radical (unpaired) electrons. The van der Waals surface area contributed by atoms with Crippen LogP contribution in [0.1, 0.15) is 79.0 Å².